The molecule has 0 bridgehead atoms. The monoisotopic (exact) mass is 287 g/mol. The van der Waals surface area contributed by atoms with Crippen molar-refractivity contribution in [2.45, 2.75) is 26.3 Å². The molecule has 0 heterocycles. The summed E-state index contributed by atoms with van der Waals surface area (Å²) in [4.78, 5) is 43.7. The number of carbonyl (C=O) groups excluding carboxylic acids is 3. The van der Waals surface area contributed by atoms with E-state index < -0.39 is 36.5 Å². The first kappa shape index (κ1) is 17.6. The summed E-state index contributed by atoms with van der Waals surface area (Å²) in [5.74, 6) is -3.25. The Balaban J connectivity index is 4.30. The summed E-state index contributed by atoms with van der Waals surface area (Å²) < 4.78 is 9.04. The van der Waals surface area contributed by atoms with Crippen molar-refractivity contribution in [3.8, 4) is 0 Å². The molecule has 8 nitrogen and oxygen atoms in total. The molecule has 0 aromatic rings. The molecule has 0 unspecified atom stereocenters. The zero-order chi connectivity index (χ0) is 15.5. The molecule has 0 aromatic heterocycles. The maximum Gasteiger partial charge on any atom is 0.330 e. The van der Waals surface area contributed by atoms with E-state index in [0.29, 0.717) is 0 Å². The minimum Gasteiger partial charge on any atom is -0.480 e. The Morgan fingerprint density at radius 3 is 2.40 bits per heavy atom. The van der Waals surface area contributed by atoms with Crippen LogP contribution < -0.4 is 5.32 Å². The van der Waals surface area contributed by atoms with Gasteiger partial charge >= 0.3 is 17.9 Å². The Morgan fingerprint density at radius 2 is 1.90 bits per heavy atom. The quantitative estimate of drug-likeness (QED) is 0.461. The van der Waals surface area contributed by atoms with Gasteiger partial charge < -0.3 is 19.9 Å². The normalized spacial score (nSPS) is 11.7. The summed E-state index contributed by atoms with van der Waals surface area (Å²) in [6.45, 7) is 2.43. The third kappa shape index (κ3) is 8.67. The van der Waals surface area contributed by atoms with Gasteiger partial charge in [-0.05, 0) is 13.3 Å². The number of amides is 1. The molecule has 0 aliphatic rings. The molecule has 0 aliphatic heterocycles. The number of rotatable bonds is 8. The second kappa shape index (κ2) is 9.54. The highest BCUT2D eigenvalue weighted by atomic mass is 16.5. The first-order valence-electron chi connectivity index (χ1n) is 5.85. The van der Waals surface area contributed by atoms with E-state index >= 15 is 0 Å². The molecular formula is C12H17NO7. The van der Waals surface area contributed by atoms with Crippen molar-refractivity contribution in [3.63, 3.8) is 0 Å². The number of carboxylic acid groups (broad SMARTS) is 1. The molecule has 112 valence electrons. The summed E-state index contributed by atoms with van der Waals surface area (Å²) in [5.41, 5.74) is 0. The number of ether oxygens (including phenoxy) is 2. The number of carboxylic acids is 1. The van der Waals surface area contributed by atoms with Crippen LogP contribution in [0.3, 0.4) is 0 Å². The topological polar surface area (TPSA) is 119 Å². The van der Waals surface area contributed by atoms with Gasteiger partial charge in [0.25, 0.3) is 5.91 Å². The van der Waals surface area contributed by atoms with Crippen molar-refractivity contribution in [1.82, 2.24) is 5.32 Å². The highest BCUT2D eigenvalue weighted by Crippen LogP contribution is 1.96. The molecule has 0 fully saturated rings. The standard InChI is InChI=1S/C12H17NO7/c1-3-19-11(16)6-4-5-9(12(17)18)13-10(15)7-20-8(2)14/h4,6,9H,3,5,7H2,1-2H3,(H,13,15)(H,17,18)/b6-4+/t9-/m1/s1. The summed E-state index contributed by atoms with van der Waals surface area (Å²) in [5, 5.41) is 11.1. The Labute approximate surface area is 115 Å². The number of aliphatic carboxylic acids is 1. The van der Waals surface area contributed by atoms with Gasteiger partial charge in [-0.2, -0.15) is 0 Å². The Bertz CT molecular complexity index is 403. The number of hydrogen-bond donors (Lipinski definition) is 2. The lowest BCUT2D eigenvalue weighted by molar-refractivity contribution is -0.148. The Morgan fingerprint density at radius 1 is 1.25 bits per heavy atom. The van der Waals surface area contributed by atoms with Crippen molar-refractivity contribution in [2.75, 3.05) is 13.2 Å². The maximum atomic E-state index is 11.3. The van der Waals surface area contributed by atoms with Gasteiger partial charge in [-0.3, -0.25) is 9.59 Å². The predicted octanol–water partition coefficient (Wildman–Crippen LogP) is -0.372. The van der Waals surface area contributed by atoms with Crippen LogP contribution in [0.15, 0.2) is 12.2 Å². The van der Waals surface area contributed by atoms with Gasteiger partial charge in [0.2, 0.25) is 0 Å². The summed E-state index contributed by atoms with van der Waals surface area (Å²) in [6.07, 6.45) is 2.26. The smallest absolute Gasteiger partial charge is 0.330 e. The molecular weight excluding hydrogens is 270 g/mol. The van der Waals surface area contributed by atoms with Crippen molar-refractivity contribution >= 4 is 23.8 Å². The van der Waals surface area contributed by atoms with Crippen molar-refractivity contribution in [2.24, 2.45) is 0 Å². The van der Waals surface area contributed by atoms with Crippen LogP contribution in [-0.4, -0.2) is 48.2 Å². The molecule has 1 atom stereocenters. The van der Waals surface area contributed by atoms with E-state index in [4.69, 9.17) is 5.11 Å². The molecule has 0 aromatic carbocycles. The second-order valence-corrected chi connectivity index (χ2v) is 3.63. The minimum atomic E-state index is -1.27. The van der Waals surface area contributed by atoms with Crippen LogP contribution in [0, 0.1) is 0 Å². The minimum absolute atomic E-state index is 0.0973. The fourth-order valence-electron chi connectivity index (χ4n) is 1.12. The van der Waals surface area contributed by atoms with Gasteiger partial charge in [0, 0.05) is 13.0 Å². The Hall–Kier alpha value is -2.38. The zero-order valence-corrected chi connectivity index (χ0v) is 11.3. The van der Waals surface area contributed by atoms with E-state index in [-0.39, 0.29) is 13.0 Å². The summed E-state index contributed by atoms with van der Waals surface area (Å²) in [6, 6.07) is -1.22. The predicted molar refractivity (Wildman–Crippen MR) is 66.6 cm³/mol. The largest absolute Gasteiger partial charge is 0.480 e. The summed E-state index contributed by atoms with van der Waals surface area (Å²) in [7, 11) is 0. The first-order valence-corrected chi connectivity index (χ1v) is 5.85. The third-order valence-electron chi connectivity index (χ3n) is 1.95. The molecule has 0 aliphatic carbocycles. The van der Waals surface area contributed by atoms with Crippen LogP contribution >= 0.6 is 0 Å². The van der Waals surface area contributed by atoms with E-state index in [0.717, 1.165) is 13.0 Å². The van der Waals surface area contributed by atoms with E-state index in [1.165, 1.54) is 6.08 Å². The van der Waals surface area contributed by atoms with Crippen LogP contribution in [0.1, 0.15) is 20.3 Å². The van der Waals surface area contributed by atoms with E-state index in [2.05, 4.69) is 14.8 Å². The maximum absolute atomic E-state index is 11.3. The van der Waals surface area contributed by atoms with Gasteiger partial charge in [-0.15, -0.1) is 0 Å². The highest BCUT2D eigenvalue weighted by Gasteiger charge is 2.18. The van der Waals surface area contributed by atoms with Crippen LogP contribution in [0.5, 0.6) is 0 Å². The molecule has 1 amide bonds. The number of hydrogen-bond acceptors (Lipinski definition) is 6. The van der Waals surface area contributed by atoms with Crippen LogP contribution in [0.4, 0.5) is 0 Å². The molecule has 0 radical (unpaired) electrons. The molecule has 2 N–H and O–H groups in total. The number of nitrogens with one attached hydrogen (secondary N) is 1. The van der Waals surface area contributed by atoms with Crippen LogP contribution in [0.25, 0.3) is 0 Å². The molecule has 0 rings (SSSR count). The molecule has 0 saturated carbocycles. The van der Waals surface area contributed by atoms with Crippen LogP contribution in [-0.2, 0) is 28.7 Å². The van der Waals surface area contributed by atoms with Gasteiger partial charge in [-0.1, -0.05) is 6.08 Å². The lowest BCUT2D eigenvalue weighted by atomic mass is 10.2. The zero-order valence-electron chi connectivity index (χ0n) is 11.3. The lowest BCUT2D eigenvalue weighted by Crippen LogP contribution is -2.42. The second-order valence-electron chi connectivity index (χ2n) is 3.63. The van der Waals surface area contributed by atoms with Gasteiger partial charge in [0.05, 0.1) is 6.61 Å². The summed E-state index contributed by atoms with van der Waals surface area (Å²) >= 11 is 0. The van der Waals surface area contributed by atoms with Gasteiger partial charge in [-0.25, -0.2) is 9.59 Å². The van der Waals surface area contributed by atoms with Gasteiger partial charge in [0.1, 0.15) is 6.04 Å². The number of esters is 2. The first-order chi connectivity index (χ1) is 9.36. The van der Waals surface area contributed by atoms with Crippen molar-refractivity contribution in [3.05, 3.63) is 12.2 Å². The van der Waals surface area contributed by atoms with Crippen LogP contribution in [0.2, 0.25) is 0 Å². The molecule has 0 spiro atoms. The van der Waals surface area contributed by atoms with E-state index in [1.54, 1.807) is 6.92 Å². The fraction of sp³-hybridized carbons (Fsp3) is 0.500. The molecule has 0 saturated heterocycles. The van der Waals surface area contributed by atoms with Gasteiger partial charge in [0.15, 0.2) is 6.61 Å². The van der Waals surface area contributed by atoms with Crippen molar-refractivity contribution < 1.29 is 33.8 Å². The average molecular weight is 287 g/mol. The fourth-order valence-corrected chi connectivity index (χ4v) is 1.12. The molecule has 20 heavy (non-hydrogen) atoms. The number of carbonyl (C=O) groups is 4. The van der Waals surface area contributed by atoms with Crippen molar-refractivity contribution in [1.29, 1.82) is 0 Å². The third-order valence-corrected chi connectivity index (χ3v) is 1.95. The SMILES string of the molecule is CCOC(=O)/C=C/C[C@@H](NC(=O)COC(C)=O)C(=O)O. The lowest BCUT2D eigenvalue weighted by Gasteiger charge is -2.12. The molecule has 8 heteroatoms. The average Bonchev–Trinajstić information content (AvgIpc) is 2.35. The van der Waals surface area contributed by atoms with E-state index in [1.807, 2.05) is 0 Å². The Kier molecular flexibility index (Phi) is 8.40. The highest BCUT2D eigenvalue weighted by molar-refractivity contribution is 5.86. The van der Waals surface area contributed by atoms with E-state index in [9.17, 15) is 19.2 Å².